The number of hydrogen-bond donors (Lipinski definition) is 2. The summed E-state index contributed by atoms with van der Waals surface area (Å²) in [4.78, 5) is 24.5. The summed E-state index contributed by atoms with van der Waals surface area (Å²) in [7, 11) is 1.77. The first kappa shape index (κ1) is 15.9. The van der Waals surface area contributed by atoms with E-state index in [2.05, 4.69) is 5.32 Å². The van der Waals surface area contributed by atoms with Gasteiger partial charge in [0.05, 0.1) is 12.0 Å². The molecule has 0 aromatic carbocycles. The predicted octanol–water partition coefficient (Wildman–Crippen LogP) is 1.80. The van der Waals surface area contributed by atoms with E-state index in [0.717, 1.165) is 12.2 Å². The Morgan fingerprint density at radius 2 is 2.21 bits per heavy atom. The highest BCUT2D eigenvalue weighted by atomic mass is 32.2. The Labute approximate surface area is 118 Å². The van der Waals surface area contributed by atoms with Crippen molar-refractivity contribution in [1.82, 2.24) is 10.2 Å². The van der Waals surface area contributed by atoms with E-state index < -0.39 is 11.9 Å². The lowest BCUT2D eigenvalue weighted by Crippen LogP contribution is -2.46. The average Bonchev–Trinajstić information content (AvgIpc) is 2.83. The number of carbonyl (C=O) groups excluding carboxylic acids is 1. The number of rotatable bonds is 6. The van der Waals surface area contributed by atoms with Crippen molar-refractivity contribution in [2.24, 2.45) is 5.92 Å². The third-order valence-corrected chi connectivity index (χ3v) is 4.07. The van der Waals surface area contributed by atoms with E-state index >= 15 is 0 Å². The van der Waals surface area contributed by atoms with E-state index in [1.165, 1.54) is 0 Å². The van der Waals surface area contributed by atoms with Crippen LogP contribution in [-0.4, -0.2) is 53.1 Å². The van der Waals surface area contributed by atoms with E-state index in [1.807, 2.05) is 13.2 Å². The maximum Gasteiger partial charge on any atom is 0.317 e. The van der Waals surface area contributed by atoms with Gasteiger partial charge in [-0.3, -0.25) is 4.79 Å². The summed E-state index contributed by atoms with van der Waals surface area (Å²) >= 11 is 1.76. The van der Waals surface area contributed by atoms with E-state index in [9.17, 15) is 9.59 Å². The molecular weight excluding hydrogens is 264 g/mol. The Hall–Kier alpha value is -1.17. The molecule has 3 unspecified atom stereocenters. The van der Waals surface area contributed by atoms with Gasteiger partial charge in [0.15, 0.2) is 0 Å². The minimum atomic E-state index is -0.838. The van der Waals surface area contributed by atoms with Crippen molar-refractivity contribution >= 4 is 23.8 Å². The maximum atomic E-state index is 12.0. The highest BCUT2D eigenvalue weighted by Gasteiger charge is 2.26. The van der Waals surface area contributed by atoms with Gasteiger partial charge in [0, 0.05) is 13.1 Å². The number of urea groups is 1. The molecule has 5 nitrogen and oxygen atoms in total. The Morgan fingerprint density at radius 1 is 1.53 bits per heavy atom. The minimum absolute atomic E-state index is 0.144. The van der Waals surface area contributed by atoms with Crippen LogP contribution in [0.5, 0.6) is 0 Å². The fraction of sp³-hybridized carbons (Fsp3) is 0.692. The standard InChI is InChI=1S/C13H22N2O3S/c1-9(6-7-19-3)15(2)13(18)14-11-5-4-10(8-11)12(16)17/h4-5,9-11H,6-8H2,1-3H3,(H,14,18)(H,16,17). The van der Waals surface area contributed by atoms with Crippen molar-refractivity contribution in [2.45, 2.75) is 31.8 Å². The van der Waals surface area contributed by atoms with Gasteiger partial charge >= 0.3 is 12.0 Å². The second-order valence-electron chi connectivity index (χ2n) is 4.86. The third-order valence-electron chi connectivity index (χ3n) is 3.43. The molecule has 19 heavy (non-hydrogen) atoms. The normalized spacial score (nSPS) is 23.1. The quantitative estimate of drug-likeness (QED) is 0.731. The molecule has 0 aliphatic heterocycles. The van der Waals surface area contributed by atoms with E-state index in [4.69, 9.17) is 5.11 Å². The van der Waals surface area contributed by atoms with Crippen molar-refractivity contribution in [3.05, 3.63) is 12.2 Å². The van der Waals surface area contributed by atoms with Crippen LogP contribution in [0.3, 0.4) is 0 Å². The Kier molecular flexibility index (Phi) is 6.21. The summed E-state index contributed by atoms with van der Waals surface area (Å²) in [5.74, 6) is -0.303. The number of hydrogen-bond acceptors (Lipinski definition) is 3. The monoisotopic (exact) mass is 286 g/mol. The van der Waals surface area contributed by atoms with Crippen LogP contribution in [0, 0.1) is 5.92 Å². The van der Waals surface area contributed by atoms with Crippen LogP contribution in [0.4, 0.5) is 4.79 Å². The molecule has 0 aromatic rings. The SMILES string of the molecule is CSCCC(C)N(C)C(=O)NC1C=CC(C(=O)O)C1. The Bertz CT molecular complexity index is 360. The largest absolute Gasteiger partial charge is 0.481 e. The number of thioether (sulfide) groups is 1. The fourth-order valence-electron chi connectivity index (χ4n) is 1.93. The van der Waals surface area contributed by atoms with Gasteiger partial charge in [-0.25, -0.2) is 4.79 Å². The van der Waals surface area contributed by atoms with Crippen molar-refractivity contribution in [2.75, 3.05) is 19.1 Å². The molecule has 0 radical (unpaired) electrons. The number of aliphatic carboxylic acids is 1. The number of carbonyl (C=O) groups is 2. The summed E-state index contributed by atoms with van der Waals surface area (Å²) < 4.78 is 0. The van der Waals surface area contributed by atoms with Gasteiger partial charge in [-0.05, 0) is 31.8 Å². The topological polar surface area (TPSA) is 69.6 Å². The summed E-state index contributed by atoms with van der Waals surface area (Å²) in [6.45, 7) is 2.01. The lowest BCUT2D eigenvalue weighted by molar-refractivity contribution is -0.140. The van der Waals surface area contributed by atoms with Gasteiger partial charge in [0.1, 0.15) is 0 Å². The molecule has 108 valence electrons. The maximum absolute atomic E-state index is 12.0. The molecule has 0 bridgehead atoms. The predicted molar refractivity (Wildman–Crippen MR) is 77.4 cm³/mol. The highest BCUT2D eigenvalue weighted by molar-refractivity contribution is 7.98. The molecule has 0 heterocycles. The molecule has 2 N–H and O–H groups in total. The summed E-state index contributed by atoms with van der Waals surface area (Å²) in [6.07, 6.45) is 6.83. The highest BCUT2D eigenvalue weighted by Crippen LogP contribution is 2.18. The first-order valence-electron chi connectivity index (χ1n) is 6.39. The Morgan fingerprint density at radius 3 is 2.74 bits per heavy atom. The smallest absolute Gasteiger partial charge is 0.317 e. The lowest BCUT2D eigenvalue weighted by Gasteiger charge is -2.26. The van der Waals surface area contributed by atoms with Crippen molar-refractivity contribution in [3.63, 3.8) is 0 Å². The molecule has 1 rings (SSSR count). The van der Waals surface area contributed by atoms with E-state index in [-0.39, 0.29) is 18.1 Å². The van der Waals surface area contributed by atoms with Gasteiger partial charge in [-0.15, -0.1) is 0 Å². The number of amides is 2. The zero-order valence-electron chi connectivity index (χ0n) is 11.6. The summed E-state index contributed by atoms with van der Waals surface area (Å²) in [5, 5.41) is 11.7. The minimum Gasteiger partial charge on any atom is -0.481 e. The summed E-state index contributed by atoms with van der Waals surface area (Å²) in [5.41, 5.74) is 0. The van der Waals surface area contributed by atoms with E-state index in [0.29, 0.717) is 6.42 Å². The van der Waals surface area contributed by atoms with E-state index in [1.54, 1.807) is 35.9 Å². The molecule has 0 saturated carbocycles. The molecule has 1 aliphatic carbocycles. The van der Waals surface area contributed by atoms with Gasteiger partial charge in [-0.2, -0.15) is 11.8 Å². The number of carboxylic acid groups (broad SMARTS) is 1. The molecule has 1 aliphatic rings. The second kappa shape index (κ2) is 7.43. The van der Waals surface area contributed by atoms with Gasteiger partial charge < -0.3 is 15.3 Å². The zero-order valence-corrected chi connectivity index (χ0v) is 12.4. The molecule has 6 heteroatoms. The fourth-order valence-corrected chi connectivity index (χ4v) is 2.51. The molecule has 0 fully saturated rings. The van der Waals surface area contributed by atoms with Crippen molar-refractivity contribution < 1.29 is 14.7 Å². The first-order valence-corrected chi connectivity index (χ1v) is 7.78. The van der Waals surface area contributed by atoms with Gasteiger partial charge in [-0.1, -0.05) is 12.2 Å². The second-order valence-corrected chi connectivity index (χ2v) is 5.85. The Balaban J connectivity index is 2.39. The average molecular weight is 286 g/mol. The number of carboxylic acids is 1. The van der Waals surface area contributed by atoms with Crippen LogP contribution >= 0.6 is 11.8 Å². The number of nitrogens with zero attached hydrogens (tertiary/aromatic N) is 1. The van der Waals surface area contributed by atoms with Crippen molar-refractivity contribution in [1.29, 1.82) is 0 Å². The lowest BCUT2D eigenvalue weighted by atomic mass is 10.1. The van der Waals surface area contributed by atoms with Gasteiger partial charge in [0.25, 0.3) is 0 Å². The number of nitrogens with one attached hydrogen (secondary N) is 1. The van der Waals surface area contributed by atoms with Crippen LogP contribution in [0.15, 0.2) is 12.2 Å². The van der Waals surface area contributed by atoms with Crippen LogP contribution in [0.25, 0.3) is 0 Å². The zero-order chi connectivity index (χ0) is 14.4. The van der Waals surface area contributed by atoms with Crippen LogP contribution in [-0.2, 0) is 4.79 Å². The van der Waals surface area contributed by atoms with Crippen LogP contribution in [0.1, 0.15) is 19.8 Å². The molecule has 0 aromatic heterocycles. The molecule has 0 saturated heterocycles. The van der Waals surface area contributed by atoms with Crippen LogP contribution < -0.4 is 5.32 Å². The van der Waals surface area contributed by atoms with Gasteiger partial charge in [0.2, 0.25) is 0 Å². The first-order chi connectivity index (χ1) is 8.95. The molecule has 3 atom stereocenters. The molecule has 2 amide bonds. The van der Waals surface area contributed by atoms with Crippen LogP contribution in [0.2, 0.25) is 0 Å². The summed E-state index contributed by atoms with van der Waals surface area (Å²) in [6, 6.07) is -0.147. The third kappa shape index (κ3) is 4.78. The molecular formula is C13H22N2O3S. The molecule has 0 spiro atoms. The van der Waals surface area contributed by atoms with Crippen molar-refractivity contribution in [3.8, 4) is 0 Å².